The Balaban J connectivity index is 1.82. The van der Waals surface area contributed by atoms with Gasteiger partial charge in [-0.15, -0.1) is 0 Å². The maximum atomic E-state index is 13.9. The highest BCUT2D eigenvalue weighted by molar-refractivity contribution is 5.99. The molecule has 2 heterocycles. The van der Waals surface area contributed by atoms with Crippen LogP contribution in [0.25, 0.3) is 11.0 Å². The molecule has 1 aromatic heterocycles. The van der Waals surface area contributed by atoms with Crippen molar-refractivity contribution in [2.75, 3.05) is 13.1 Å². The van der Waals surface area contributed by atoms with Gasteiger partial charge in [0.1, 0.15) is 5.78 Å². The van der Waals surface area contributed by atoms with Crippen LogP contribution in [0, 0.1) is 24.6 Å². The van der Waals surface area contributed by atoms with Gasteiger partial charge in [-0.1, -0.05) is 26.0 Å². The number of carbonyl (C=O) groups is 2. The fourth-order valence-corrected chi connectivity index (χ4v) is 3.55. The van der Waals surface area contributed by atoms with Crippen molar-refractivity contribution in [3.05, 3.63) is 35.3 Å². The first-order chi connectivity index (χ1) is 11.9. The van der Waals surface area contributed by atoms with Crippen molar-refractivity contribution < 1.29 is 18.4 Å². The second-order valence-corrected chi connectivity index (χ2v) is 7.33. The normalized spacial score (nSPS) is 18.1. The van der Waals surface area contributed by atoms with E-state index in [0.717, 1.165) is 12.8 Å². The van der Waals surface area contributed by atoms with Crippen LogP contribution in [0.15, 0.2) is 22.6 Å². The van der Waals surface area contributed by atoms with Gasteiger partial charge in [0.05, 0.1) is 0 Å². The second kappa shape index (κ2) is 6.98. The summed E-state index contributed by atoms with van der Waals surface area (Å²) in [5.41, 5.74) is 0.767. The Bertz CT molecular complexity index is 809. The molecule has 25 heavy (non-hydrogen) atoms. The number of Topliss-reactive ketones (excluding diaryl/α,β-unsaturated/α-hetero) is 1. The van der Waals surface area contributed by atoms with Crippen molar-refractivity contribution in [3.8, 4) is 0 Å². The third kappa shape index (κ3) is 3.46. The third-order valence-electron chi connectivity index (χ3n) is 4.88. The van der Waals surface area contributed by atoms with Gasteiger partial charge >= 0.3 is 0 Å². The molecular formula is C20H24FNO3. The van der Waals surface area contributed by atoms with E-state index in [0.29, 0.717) is 36.4 Å². The zero-order valence-electron chi connectivity index (χ0n) is 15.0. The van der Waals surface area contributed by atoms with Gasteiger partial charge in [0.25, 0.3) is 5.91 Å². The molecule has 1 atom stereocenters. The largest absolute Gasteiger partial charge is 0.448 e. The van der Waals surface area contributed by atoms with Crippen LogP contribution >= 0.6 is 0 Å². The van der Waals surface area contributed by atoms with E-state index in [-0.39, 0.29) is 29.0 Å². The van der Waals surface area contributed by atoms with Gasteiger partial charge in [0, 0.05) is 36.4 Å². The van der Waals surface area contributed by atoms with Gasteiger partial charge in [-0.3, -0.25) is 9.59 Å². The van der Waals surface area contributed by atoms with Crippen LogP contribution < -0.4 is 0 Å². The van der Waals surface area contributed by atoms with Crippen molar-refractivity contribution >= 4 is 22.7 Å². The van der Waals surface area contributed by atoms with E-state index in [1.165, 1.54) is 6.07 Å². The first-order valence-corrected chi connectivity index (χ1v) is 8.88. The number of rotatable bonds is 4. The Morgan fingerprint density at radius 2 is 2.12 bits per heavy atom. The summed E-state index contributed by atoms with van der Waals surface area (Å²) in [4.78, 5) is 26.9. The van der Waals surface area contributed by atoms with E-state index >= 15 is 0 Å². The van der Waals surface area contributed by atoms with Gasteiger partial charge in [-0.2, -0.15) is 0 Å². The minimum atomic E-state index is -0.469. The average Bonchev–Trinajstić information content (AvgIpc) is 2.92. The molecule has 0 spiro atoms. The molecule has 0 N–H and O–H groups in total. The third-order valence-corrected chi connectivity index (χ3v) is 4.88. The fraction of sp³-hybridized carbons (Fsp3) is 0.500. The van der Waals surface area contributed by atoms with Gasteiger partial charge < -0.3 is 9.32 Å². The highest BCUT2D eigenvalue weighted by Crippen LogP contribution is 2.29. The Morgan fingerprint density at radius 1 is 1.36 bits per heavy atom. The topological polar surface area (TPSA) is 50.5 Å². The van der Waals surface area contributed by atoms with Gasteiger partial charge in [0.2, 0.25) is 0 Å². The van der Waals surface area contributed by atoms with Gasteiger partial charge in [-0.05, 0) is 31.7 Å². The molecule has 1 amide bonds. The number of likely N-dealkylation sites (tertiary alicyclic amines) is 1. The Labute approximate surface area is 147 Å². The maximum Gasteiger partial charge on any atom is 0.289 e. The molecule has 1 saturated heterocycles. The van der Waals surface area contributed by atoms with Crippen LogP contribution in [-0.4, -0.2) is 29.7 Å². The molecule has 0 bridgehead atoms. The number of halogens is 1. The van der Waals surface area contributed by atoms with Crippen LogP contribution in [0.3, 0.4) is 0 Å². The van der Waals surface area contributed by atoms with Gasteiger partial charge in [-0.25, -0.2) is 4.39 Å². The highest BCUT2D eigenvalue weighted by atomic mass is 19.1. The molecule has 134 valence electrons. The quantitative estimate of drug-likeness (QED) is 0.828. The first kappa shape index (κ1) is 17.6. The van der Waals surface area contributed by atoms with Crippen LogP contribution in [0.4, 0.5) is 4.39 Å². The number of benzene rings is 1. The molecule has 3 rings (SSSR count). The van der Waals surface area contributed by atoms with E-state index in [4.69, 9.17) is 4.42 Å². The fourth-order valence-electron chi connectivity index (χ4n) is 3.55. The minimum Gasteiger partial charge on any atom is -0.448 e. The molecule has 4 nitrogen and oxygen atoms in total. The number of hydrogen-bond donors (Lipinski definition) is 0. The summed E-state index contributed by atoms with van der Waals surface area (Å²) in [6.07, 6.45) is 2.17. The summed E-state index contributed by atoms with van der Waals surface area (Å²) < 4.78 is 19.5. The SMILES string of the molecule is Cc1c(C(=O)N2CCCC(C(=O)CC(C)C)C2)oc2c(F)cccc12. The zero-order chi connectivity index (χ0) is 18.1. The number of hydrogen-bond acceptors (Lipinski definition) is 3. The number of para-hydroxylation sites is 1. The monoisotopic (exact) mass is 345 g/mol. The highest BCUT2D eigenvalue weighted by Gasteiger charge is 2.31. The number of ketones is 1. The molecule has 0 saturated carbocycles. The number of piperidine rings is 1. The number of carbonyl (C=O) groups excluding carboxylic acids is 2. The van der Waals surface area contributed by atoms with Gasteiger partial charge in [0.15, 0.2) is 17.2 Å². The van der Waals surface area contributed by atoms with E-state index in [9.17, 15) is 14.0 Å². The van der Waals surface area contributed by atoms with Crippen molar-refractivity contribution in [3.63, 3.8) is 0 Å². The summed E-state index contributed by atoms with van der Waals surface area (Å²) in [6, 6.07) is 4.68. The van der Waals surface area contributed by atoms with Crippen molar-refractivity contribution in [2.45, 2.75) is 40.0 Å². The van der Waals surface area contributed by atoms with E-state index in [1.54, 1.807) is 24.0 Å². The molecule has 1 unspecified atom stereocenters. The minimum absolute atomic E-state index is 0.110. The molecule has 1 fully saturated rings. The summed E-state index contributed by atoms with van der Waals surface area (Å²) in [7, 11) is 0. The van der Waals surface area contributed by atoms with Crippen LogP contribution in [0.5, 0.6) is 0 Å². The zero-order valence-corrected chi connectivity index (χ0v) is 15.0. The molecule has 2 aromatic rings. The number of furan rings is 1. The van der Waals surface area contributed by atoms with Crippen molar-refractivity contribution in [2.24, 2.45) is 11.8 Å². The van der Waals surface area contributed by atoms with E-state index in [1.807, 2.05) is 13.8 Å². The Kier molecular flexibility index (Phi) is 4.93. The first-order valence-electron chi connectivity index (χ1n) is 8.88. The average molecular weight is 345 g/mol. The molecule has 1 aromatic carbocycles. The molecule has 5 heteroatoms. The lowest BCUT2D eigenvalue weighted by Gasteiger charge is -2.32. The maximum absolute atomic E-state index is 13.9. The predicted octanol–water partition coefficient (Wildman–Crippen LogP) is 4.35. The molecule has 1 aliphatic heterocycles. The summed E-state index contributed by atoms with van der Waals surface area (Å²) in [5, 5.41) is 0.618. The van der Waals surface area contributed by atoms with E-state index < -0.39 is 5.82 Å². The lowest BCUT2D eigenvalue weighted by molar-refractivity contribution is -0.124. The number of nitrogens with zero attached hydrogens (tertiary/aromatic N) is 1. The number of aryl methyl sites for hydroxylation is 1. The number of fused-ring (bicyclic) bond motifs is 1. The number of amides is 1. The molecule has 0 radical (unpaired) electrons. The summed E-state index contributed by atoms with van der Waals surface area (Å²) >= 11 is 0. The molecule has 0 aliphatic carbocycles. The molecular weight excluding hydrogens is 321 g/mol. The van der Waals surface area contributed by atoms with Crippen LogP contribution in [0.2, 0.25) is 0 Å². The smallest absolute Gasteiger partial charge is 0.289 e. The standard InChI is InChI=1S/C20H24FNO3/c1-12(2)10-17(23)14-6-5-9-22(11-14)20(24)18-13(3)15-7-4-8-16(21)19(15)25-18/h4,7-8,12,14H,5-6,9-11H2,1-3H3. The summed E-state index contributed by atoms with van der Waals surface area (Å²) in [5.74, 6) is -0.115. The Hall–Kier alpha value is -2.17. The predicted molar refractivity (Wildman–Crippen MR) is 94.0 cm³/mol. The summed E-state index contributed by atoms with van der Waals surface area (Å²) in [6.45, 7) is 6.84. The van der Waals surface area contributed by atoms with Crippen molar-refractivity contribution in [1.82, 2.24) is 4.90 Å². The lowest BCUT2D eigenvalue weighted by Crippen LogP contribution is -2.42. The Morgan fingerprint density at radius 3 is 2.80 bits per heavy atom. The van der Waals surface area contributed by atoms with Crippen molar-refractivity contribution in [1.29, 1.82) is 0 Å². The van der Waals surface area contributed by atoms with E-state index in [2.05, 4.69) is 0 Å². The second-order valence-electron chi connectivity index (χ2n) is 7.33. The molecule has 1 aliphatic rings. The van der Waals surface area contributed by atoms with Crippen LogP contribution in [-0.2, 0) is 4.79 Å². The lowest BCUT2D eigenvalue weighted by atomic mass is 9.89. The van der Waals surface area contributed by atoms with Crippen LogP contribution in [0.1, 0.15) is 49.2 Å².